The molecule has 130 valence electrons. The second kappa shape index (κ2) is 5.00. The van der Waals surface area contributed by atoms with E-state index in [-0.39, 0.29) is 17.5 Å². The van der Waals surface area contributed by atoms with Crippen molar-refractivity contribution >= 4 is 5.97 Å². The van der Waals surface area contributed by atoms with Crippen molar-refractivity contribution in [1.29, 1.82) is 0 Å². The number of rotatable bonds is 2. The highest BCUT2D eigenvalue weighted by Gasteiger charge is 2.63. The van der Waals surface area contributed by atoms with Gasteiger partial charge in [0.25, 0.3) is 0 Å². The Morgan fingerprint density at radius 3 is 2.67 bits per heavy atom. The van der Waals surface area contributed by atoms with Crippen LogP contribution in [0.15, 0.2) is 12.1 Å². The van der Waals surface area contributed by atoms with E-state index in [4.69, 9.17) is 9.47 Å². The predicted molar refractivity (Wildman–Crippen MR) is 93.3 cm³/mol. The van der Waals surface area contributed by atoms with Crippen LogP contribution in [0.25, 0.3) is 0 Å². The zero-order valence-corrected chi connectivity index (χ0v) is 15.4. The van der Waals surface area contributed by atoms with E-state index in [9.17, 15) is 4.79 Å². The quantitative estimate of drug-likeness (QED) is 0.726. The maximum Gasteiger partial charge on any atom is 0.317 e. The second-order valence-corrected chi connectivity index (χ2v) is 8.83. The molecule has 1 aromatic rings. The minimum absolute atomic E-state index is 0.00313. The van der Waals surface area contributed by atoms with Crippen molar-refractivity contribution in [1.82, 2.24) is 0 Å². The van der Waals surface area contributed by atoms with Crippen LogP contribution in [0.4, 0.5) is 0 Å². The van der Waals surface area contributed by atoms with Gasteiger partial charge in [0, 0.05) is 0 Å². The summed E-state index contributed by atoms with van der Waals surface area (Å²) in [5, 5.41) is 0. The van der Waals surface area contributed by atoms with E-state index < -0.39 is 5.41 Å². The van der Waals surface area contributed by atoms with Gasteiger partial charge in [-0.15, -0.1) is 0 Å². The van der Waals surface area contributed by atoms with Crippen molar-refractivity contribution in [3.05, 3.63) is 28.8 Å². The van der Waals surface area contributed by atoms with Crippen molar-refractivity contribution in [2.45, 2.75) is 70.8 Å². The highest BCUT2D eigenvalue weighted by molar-refractivity contribution is 5.88. The van der Waals surface area contributed by atoms with Gasteiger partial charge in [0.1, 0.15) is 11.9 Å². The first kappa shape index (κ1) is 16.0. The molecule has 3 unspecified atom stereocenters. The second-order valence-electron chi connectivity index (χ2n) is 8.83. The van der Waals surface area contributed by atoms with Crippen LogP contribution >= 0.6 is 0 Å². The molecule has 2 aliphatic heterocycles. The van der Waals surface area contributed by atoms with Crippen molar-refractivity contribution in [2.75, 3.05) is 7.11 Å². The molecular formula is C21H28O3. The molecule has 1 saturated heterocycles. The van der Waals surface area contributed by atoms with Crippen molar-refractivity contribution in [3.63, 3.8) is 0 Å². The maximum absolute atomic E-state index is 13.0. The minimum atomic E-state index is -0.464. The van der Waals surface area contributed by atoms with Gasteiger partial charge >= 0.3 is 5.97 Å². The maximum atomic E-state index is 13.0. The van der Waals surface area contributed by atoms with Crippen LogP contribution in [0.5, 0.6) is 5.75 Å². The summed E-state index contributed by atoms with van der Waals surface area (Å²) in [6, 6.07) is 4.40. The van der Waals surface area contributed by atoms with Crippen LogP contribution in [0, 0.1) is 11.3 Å². The third-order valence-corrected chi connectivity index (χ3v) is 6.85. The molecule has 3 heteroatoms. The fraction of sp³-hybridized carbons (Fsp3) is 0.667. The first-order valence-corrected chi connectivity index (χ1v) is 9.24. The third-order valence-electron chi connectivity index (χ3n) is 6.85. The van der Waals surface area contributed by atoms with Gasteiger partial charge in [-0.1, -0.05) is 34.1 Å². The molecule has 1 aromatic carbocycles. The Balaban J connectivity index is 1.97. The molecule has 2 fully saturated rings. The number of carbonyl (C=O) groups excluding carboxylic acids is 1. The average molecular weight is 328 g/mol. The van der Waals surface area contributed by atoms with Gasteiger partial charge in [-0.25, -0.2) is 0 Å². The molecule has 0 aromatic heterocycles. The van der Waals surface area contributed by atoms with Gasteiger partial charge < -0.3 is 9.47 Å². The minimum Gasteiger partial charge on any atom is -0.496 e. The molecule has 5 rings (SSSR count). The highest BCUT2D eigenvalue weighted by atomic mass is 16.5. The summed E-state index contributed by atoms with van der Waals surface area (Å²) in [6.45, 7) is 9.02. The smallest absolute Gasteiger partial charge is 0.317 e. The standard InChI is InChI=1S/C21H28O3/c1-12(2)13-9-14-15(10-16(13)23-5)21-8-6-7-20(3,4)18(21)11-17(14)24-19(21)22/h9-10,12,17-18H,6-8,11H2,1-5H3. The number of esters is 1. The SMILES string of the molecule is COc1cc2c(cc1C(C)C)C1CC3C(C)(C)CCCC23C(=O)O1. The Labute approximate surface area is 144 Å². The molecule has 2 bridgehead atoms. The van der Waals surface area contributed by atoms with Gasteiger partial charge in [0.05, 0.1) is 12.5 Å². The molecule has 3 atom stereocenters. The molecule has 24 heavy (non-hydrogen) atoms. The molecule has 0 amide bonds. The van der Waals surface area contributed by atoms with Gasteiger partial charge in [0.2, 0.25) is 0 Å². The fourth-order valence-electron chi connectivity index (χ4n) is 5.62. The molecule has 1 saturated carbocycles. The summed E-state index contributed by atoms with van der Waals surface area (Å²) >= 11 is 0. The molecule has 0 N–H and O–H groups in total. The Kier molecular flexibility index (Phi) is 3.33. The fourth-order valence-corrected chi connectivity index (χ4v) is 5.62. The number of fused-ring (bicyclic) bond motifs is 1. The number of carbonyl (C=O) groups is 1. The Morgan fingerprint density at radius 2 is 2.00 bits per heavy atom. The molecule has 4 aliphatic rings. The van der Waals surface area contributed by atoms with Crippen molar-refractivity contribution in [3.8, 4) is 5.75 Å². The van der Waals surface area contributed by atoms with Gasteiger partial charge in [0.15, 0.2) is 0 Å². The molecule has 2 aliphatic carbocycles. The molecule has 1 spiro atoms. The number of hydrogen-bond donors (Lipinski definition) is 0. The summed E-state index contributed by atoms with van der Waals surface area (Å²) in [4.78, 5) is 13.0. The predicted octanol–water partition coefficient (Wildman–Crippen LogP) is 4.88. The summed E-state index contributed by atoms with van der Waals surface area (Å²) in [6.07, 6.45) is 4.06. The lowest BCUT2D eigenvalue weighted by molar-refractivity contribution is -0.185. The monoisotopic (exact) mass is 328 g/mol. The lowest BCUT2D eigenvalue weighted by atomic mass is 9.48. The van der Waals surface area contributed by atoms with Crippen LogP contribution in [-0.4, -0.2) is 13.1 Å². The van der Waals surface area contributed by atoms with Crippen LogP contribution in [-0.2, 0) is 14.9 Å². The Hall–Kier alpha value is -1.51. The van der Waals surface area contributed by atoms with Crippen molar-refractivity contribution in [2.24, 2.45) is 11.3 Å². The lowest BCUT2D eigenvalue weighted by Crippen LogP contribution is -2.59. The number of hydrogen-bond acceptors (Lipinski definition) is 3. The lowest BCUT2D eigenvalue weighted by Gasteiger charge is -2.58. The zero-order valence-electron chi connectivity index (χ0n) is 15.4. The molecule has 0 radical (unpaired) electrons. The van der Waals surface area contributed by atoms with E-state index >= 15 is 0 Å². The van der Waals surface area contributed by atoms with E-state index in [1.807, 2.05) is 0 Å². The van der Waals surface area contributed by atoms with E-state index in [0.29, 0.717) is 11.8 Å². The number of benzene rings is 1. The normalized spacial score (nSPS) is 33.0. The summed E-state index contributed by atoms with van der Waals surface area (Å²) < 4.78 is 11.6. The molecule has 2 heterocycles. The average Bonchev–Trinajstić information content (AvgIpc) is 2.53. The van der Waals surface area contributed by atoms with Crippen LogP contribution in [0.1, 0.15) is 82.1 Å². The highest BCUT2D eigenvalue weighted by Crippen LogP contribution is 2.64. The van der Waals surface area contributed by atoms with Gasteiger partial charge in [-0.3, -0.25) is 4.79 Å². The van der Waals surface area contributed by atoms with E-state index in [1.165, 1.54) is 23.1 Å². The van der Waals surface area contributed by atoms with Crippen LogP contribution < -0.4 is 4.74 Å². The molecular weight excluding hydrogens is 300 g/mol. The zero-order chi connectivity index (χ0) is 17.3. The van der Waals surface area contributed by atoms with E-state index in [2.05, 4.69) is 39.8 Å². The van der Waals surface area contributed by atoms with Gasteiger partial charge in [-0.2, -0.15) is 0 Å². The third kappa shape index (κ3) is 1.87. The first-order chi connectivity index (χ1) is 11.3. The number of ether oxygens (including phenoxy) is 2. The topological polar surface area (TPSA) is 35.5 Å². The van der Waals surface area contributed by atoms with E-state index in [1.54, 1.807) is 7.11 Å². The Bertz CT molecular complexity index is 703. The summed E-state index contributed by atoms with van der Waals surface area (Å²) in [5.41, 5.74) is 3.34. The molecule has 3 nitrogen and oxygen atoms in total. The van der Waals surface area contributed by atoms with E-state index in [0.717, 1.165) is 25.0 Å². The number of methoxy groups -OCH3 is 1. The van der Waals surface area contributed by atoms with Gasteiger partial charge in [-0.05, 0) is 65.3 Å². The largest absolute Gasteiger partial charge is 0.496 e. The first-order valence-electron chi connectivity index (χ1n) is 9.24. The van der Waals surface area contributed by atoms with Crippen molar-refractivity contribution < 1.29 is 14.3 Å². The Morgan fingerprint density at radius 1 is 1.25 bits per heavy atom. The summed E-state index contributed by atoms with van der Waals surface area (Å²) in [7, 11) is 1.73. The summed E-state index contributed by atoms with van der Waals surface area (Å²) in [5.74, 6) is 1.67. The van der Waals surface area contributed by atoms with Crippen LogP contribution in [0.2, 0.25) is 0 Å². The van der Waals surface area contributed by atoms with Crippen LogP contribution in [0.3, 0.4) is 0 Å².